The average molecular weight is 302 g/mol. The van der Waals surface area contributed by atoms with Gasteiger partial charge in [0.1, 0.15) is 0 Å². The predicted octanol–water partition coefficient (Wildman–Crippen LogP) is 1.78. The van der Waals surface area contributed by atoms with Crippen LogP contribution in [0.3, 0.4) is 0 Å². The second-order valence-corrected chi connectivity index (χ2v) is 4.30. The van der Waals surface area contributed by atoms with E-state index in [1.807, 2.05) is 0 Å². The first-order valence-corrected chi connectivity index (χ1v) is 5.63. The lowest BCUT2D eigenvalue weighted by Gasteiger charge is -2.16. The van der Waals surface area contributed by atoms with Crippen molar-refractivity contribution in [1.82, 2.24) is 9.88 Å². The van der Waals surface area contributed by atoms with Gasteiger partial charge in [-0.25, -0.2) is 4.79 Å². The highest BCUT2D eigenvalue weighted by Gasteiger charge is 2.10. The number of nitrogens with zero attached hydrogens (tertiary/aromatic N) is 2. The van der Waals surface area contributed by atoms with Crippen LogP contribution in [0.25, 0.3) is 0 Å². The minimum Gasteiger partial charge on any atom is -0.481 e. The average Bonchev–Trinajstić information content (AvgIpc) is 2.25. The van der Waals surface area contributed by atoms with Crippen LogP contribution < -0.4 is 5.32 Å². The third kappa shape index (κ3) is 4.81. The summed E-state index contributed by atoms with van der Waals surface area (Å²) < 4.78 is 0.753. The van der Waals surface area contributed by atoms with E-state index in [-0.39, 0.29) is 19.0 Å². The molecule has 1 aromatic heterocycles. The Morgan fingerprint density at radius 1 is 1.53 bits per heavy atom. The van der Waals surface area contributed by atoms with Crippen LogP contribution in [-0.2, 0) is 4.79 Å². The SMILES string of the molecule is CN(CCC(=O)O)C(=O)Nc1cncc(Br)c1. The number of carboxylic acids is 1. The number of aromatic nitrogens is 1. The van der Waals surface area contributed by atoms with Gasteiger partial charge in [-0.2, -0.15) is 0 Å². The molecule has 1 rings (SSSR count). The maximum Gasteiger partial charge on any atom is 0.321 e. The van der Waals surface area contributed by atoms with Gasteiger partial charge in [-0.05, 0) is 22.0 Å². The largest absolute Gasteiger partial charge is 0.481 e. The van der Waals surface area contributed by atoms with Crippen LogP contribution in [0.2, 0.25) is 0 Å². The van der Waals surface area contributed by atoms with Crippen LogP contribution >= 0.6 is 15.9 Å². The van der Waals surface area contributed by atoms with E-state index in [0.717, 1.165) is 4.47 Å². The van der Waals surface area contributed by atoms with Gasteiger partial charge < -0.3 is 15.3 Å². The summed E-state index contributed by atoms with van der Waals surface area (Å²) in [4.78, 5) is 27.2. The highest BCUT2D eigenvalue weighted by Crippen LogP contribution is 2.13. The fraction of sp³-hybridized carbons (Fsp3) is 0.300. The Hall–Kier alpha value is -1.63. The molecule has 1 heterocycles. The van der Waals surface area contributed by atoms with Gasteiger partial charge in [0, 0.05) is 24.3 Å². The molecular weight excluding hydrogens is 290 g/mol. The lowest BCUT2D eigenvalue weighted by molar-refractivity contribution is -0.137. The molecule has 1 aromatic rings. The number of aliphatic carboxylic acids is 1. The first-order chi connectivity index (χ1) is 7.99. The molecule has 6 nitrogen and oxygen atoms in total. The molecule has 0 atom stereocenters. The number of nitrogens with one attached hydrogen (secondary N) is 1. The molecule has 2 N–H and O–H groups in total. The van der Waals surface area contributed by atoms with Gasteiger partial charge in [0.25, 0.3) is 0 Å². The molecule has 0 aliphatic carbocycles. The van der Waals surface area contributed by atoms with E-state index in [0.29, 0.717) is 5.69 Å². The van der Waals surface area contributed by atoms with Gasteiger partial charge >= 0.3 is 12.0 Å². The number of rotatable bonds is 4. The molecule has 17 heavy (non-hydrogen) atoms. The quantitative estimate of drug-likeness (QED) is 0.888. The minimum atomic E-state index is -0.936. The number of carbonyl (C=O) groups is 2. The molecule has 0 aromatic carbocycles. The molecular formula is C10H12BrN3O3. The second-order valence-electron chi connectivity index (χ2n) is 3.39. The Bertz CT molecular complexity index is 425. The topological polar surface area (TPSA) is 82.5 Å². The molecule has 0 radical (unpaired) electrons. The summed E-state index contributed by atoms with van der Waals surface area (Å²) in [6, 6.07) is 1.33. The van der Waals surface area contributed by atoms with Gasteiger partial charge in [-0.1, -0.05) is 0 Å². The Balaban J connectivity index is 2.51. The maximum absolute atomic E-state index is 11.6. The van der Waals surface area contributed by atoms with E-state index < -0.39 is 5.97 Å². The third-order valence-corrected chi connectivity index (χ3v) is 2.40. The number of anilines is 1. The van der Waals surface area contributed by atoms with E-state index in [9.17, 15) is 9.59 Å². The Morgan fingerprint density at radius 3 is 2.82 bits per heavy atom. The normalized spacial score (nSPS) is 9.76. The number of carbonyl (C=O) groups excluding carboxylic acids is 1. The molecule has 0 fully saturated rings. The van der Waals surface area contributed by atoms with Crippen LogP contribution in [0.5, 0.6) is 0 Å². The number of hydrogen-bond donors (Lipinski definition) is 2. The summed E-state index contributed by atoms with van der Waals surface area (Å²) in [6.45, 7) is 0.155. The van der Waals surface area contributed by atoms with E-state index in [1.165, 1.54) is 18.1 Å². The van der Waals surface area contributed by atoms with Crippen molar-refractivity contribution in [3.8, 4) is 0 Å². The minimum absolute atomic E-state index is 0.0827. The molecule has 0 spiro atoms. The van der Waals surface area contributed by atoms with Crippen molar-refractivity contribution in [1.29, 1.82) is 0 Å². The van der Waals surface area contributed by atoms with E-state index in [4.69, 9.17) is 5.11 Å². The van der Waals surface area contributed by atoms with Gasteiger partial charge in [0.15, 0.2) is 0 Å². The lowest BCUT2D eigenvalue weighted by atomic mass is 10.4. The smallest absolute Gasteiger partial charge is 0.321 e. The number of pyridine rings is 1. The van der Waals surface area contributed by atoms with E-state index >= 15 is 0 Å². The van der Waals surface area contributed by atoms with Crippen molar-refractivity contribution in [2.75, 3.05) is 18.9 Å². The molecule has 0 bridgehead atoms. The molecule has 7 heteroatoms. The summed E-state index contributed by atoms with van der Waals surface area (Å²) in [6.07, 6.45) is 3.03. The zero-order valence-electron chi connectivity index (χ0n) is 9.18. The maximum atomic E-state index is 11.6. The lowest BCUT2D eigenvalue weighted by Crippen LogP contribution is -2.33. The summed E-state index contributed by atoms with van der Waals surface area (Å²) in [5, 5.41) is 11.1. The van der Waals surface area contributed by atoms with Crippen LogP contribution in [0.15, 0.2) is 22.9 Å². The zero-order valence-corrected chi connectivity index (χ0v) is 10.8. The van der Waals surface area contributed by atoms with Crippen LogP contribution in [0, 0.1) is 0 Å². The van der Waals surface area contributed by atoms with Crippen molar-refractivity contribution in [3.63, 3.8) is 0 Å². The van der Waals surface area contributed by atoms with Crippen molar-refractivity contribution < 1.29 is 14.7 Å². The summed E-state index contributed by atoms with van der Waals surface area (Å²) in [5.74, 6) is -0.936. The van der Waals surface area contributed by atoms with Crippen molar-refractivity contribution in [3.05, 3.63) is 22.9 Å². The molecule has 0 unspecified atom stereocenters. The molecule has 0 aliphatic rings. The molecule has 0 saturated heterocycles. The Morgan fingerprint density at radius 2 is 2.24 bits per heavy atom. The highest BCUT2D eigenvalue weighted by molar-refractivity contribution is 9.10. The number of carboxylic acid groups (broad SMARTS) is 1. The van der Waals surface area contributed by atoms with Gasteiger partial charge in [0.2, 0.25) is 0 Å². The molecule has 0 aliphatic heterocycles. The fourth-order valence-corrected chi connectivity index (χ4v) is 1.43. The zero-order chi connectivity index (χ0) is 12.8. The number of urea groups is 1. The summed E-state index contributed by atoms with van der Waals surface area (Å²) in [5.41, 5.74) is 0.548. The van der Waals surface area contributed by atoms with Gasteiger partial charge in [0.05, 0.1) is 18.3 Å². The van der Waals surface area contributed by atoms with Crippen molar-refractivity contribution in [2.24, 2.45) is 0 Å². The Kier molecular flexibility index (Phi) is 4.89. The molecule has 92 valence electrons. The van der Waals surface area contributed by atoms with Crippen LogP contribution in [-0.4, -0.2) is 40.6 Å². The highest BCUT2D eigenvalue weighted by atomic mass is 79.9. The van der Waals surface area contributed by atoms with Gasteiger partial charge in [-0.3, -0.25) is 9.78 Å². The predicted molar refractivity (Wildman–Crippen MR) is 65.8 cm³/mol. The van der Waals surface area contributed by atoms with Crippen LogP contribution in [0.4, 0.5) is 10.5 Å². The summed E-state index contributed by atoms with van der Waals surface area (Å²) >= 11 is 3.23. The Labute approximate surface area is 107 Å². The monoisotopic (exact) mass is 301 g/mol. The number of hydrogen-bond acceptors (Lipinski definition) is 3. The van der Waals surface area contributed by atoms with E-state index in [2.05, 4.69) is 26.2 Å². The first-order valence-electron chi connectivity index (χ1n) is 4.83. The standard InChI is InChI=1S/C10H12BrN3O3/c1-14(3-2-9(15)16)10(17)13-8-4-7(11)5-12-6-8/h4-6H,2-3H2,1H3,(H,13,17)(H,15,16). The fourth-order valence-electron chi connectivity index (χ4n) is 1.06. The van der Waals surface area contributed by atoms with E-state index in [1.54, 1.807) is 12.3 Å². The third-order valence-electron chi connectivity index (χ3n) is 1.96. The second kappa shape index (κ2) is 6.19. The first kappa shape index (κ1) is 13.4. The van der Waals surface area contributed by atoms with Crippen molar-refractivity contribution in [2.45, 2.75) is 6.42 Å². The molecule has 0 saturated carbocycles. The number of amides is 2. The summed E-state index contributed by atoms with van der Waals surface area (Å²) in [7, 11) is 1.53. The molecule has 2 amide bonds. The van der Waals surface area contributed by atoms with Gasteiger partial charge in [-0.15, -0.1) is 0 Å². The van der Waals surface area contributed by atoms with Crippen LogP contribution in [0.1, 0.15) is 6.42 Å². The number of halogens is 1. The van der Waals surface area contributed by atoms with Crippen molar-refractivity contribution >= 4 is 33.6 Å².